The van der Waals surface area contributed by atoms with Gasteiger partial charge in [-0.3, -0.25) is 0 Å². The fraction of sp³-hybridized carbons (Fsp3) is 1.00. The summed E-state index contributed by atoms with van der Waals surface area (Å²) in [5.74, 6) is 8.63. The van der Waals surface area contributed by atoms with Crippen LogP contribution in [0.5, 0.6) is 0 Å². The first kappa shape index (κ1) is 20.6. The number of thiol groups is 4. The summed E-state index contributed by atoms with van der Waals surface area (Å²) >= 11 is 15.2. The number of hydrogen-bond acceptors (Lipinski definition) is 8. The summed E-state index contributed by atoms with van der Waals surface area (Å²) in [5, 5.41) is 0. The Morgan fingerprint density at radius 3 is 0.941 bits per heavy atom. The van der Waals surface area contributed by atoms with Gasteiger partial charge in [-0.05, 0) is 0 Å². The summed E-state index contributed by atoms with van der Waals surface area (Å²) < 4.78 is 0. The molecular weight excluding hydrogens is 471 g/mol. The van der Waals surface area contributed by atoms with Gasteiger partial charge in [-0.25, -0.2) is 0 Å². The Morgan fingerprint density at radius 1 is 0.529 bits per heavy atom. The maximum absolute atomic E-state index is 4.35. The van der Waals surface area contributed by atoms with Crippen molar-refractivity contribution in [2.75, 3.05) is 46.0 Å². The predicted octanol–water partition coefficient (Wildman–Crippen LogP) is 4.07. The predicted molar refractivity (Wildman–Crippen MR) is 111 cm³/mol. The van der Waals surface area contributed by atoms with Crippen LogP contribution in [0.2, 0.25) is 0 Å². The summed E-state index contributed by atoms with van der Waals surface area (Å²) in [6, 6.07) is 0. The van der Waals surface area contributed by atoms with E-state index < -0.39 is 12.8 Å². The summed E-state index contributed by atoms with van der Waals surface area (Å²) in [6.45, 7) is 0. The molecule has 0 amide bonds. The SMILES string of the molecule is SCC[S][Sn]([S]CCS)([S]CCS)[S]CCS. The molecule has 0 aliphatic rings. The zero-order chi connectivity index (χ0) is 13.0. The fourth-order valence-electron chi connectivity index (χ4n) is 0.933. The van der Waals surface area contributed by atoms with Crippen LogP contribution in [0.15, 0.2) is 0 Å². The second-order valence-electron chi connectivity index (χ2n) is 2.79. The molecule has 0 nitrogen and oxygen atoms in total. The Balaban J connectivity index is 4.39. The zero-order valence-electron chi connectivity index (χ0n) is 9.58. The van der Waals surface area contributed by atoms with Gasteiger partial charge in [0.25, 0.3) is 0 Å². The molecule has 0 atom stereocenters. The van der Waals surface area contributed by atoms with Crippen LogP contribution >= 0.6 is 86.3 Å². The van der Waals surface area contributed by atoms with E-state index in [1.807, 2.05) is 0 Å². The van der Waals surface area contributed by atoms with Crippen molar-refractivity contribution >= 4 is 99.1 Å². The van der Waals surface area contributed by atoms with Gasteiger partial charge in [0.05, 0.1) is 0 Å². The van der Waals surface area contributed by atoms with Gasteiger partial charge in [0.2, 0.25) is 0 Å². The molecular formula is C8H20S8Sn. The van der Waals surface area contributed by atoms with E-state index in [1.54, 1.807) is 0 Å². The van der Waals surface area contributed by atoms with Crippen molar-refractivity contribution in [2.24, 2.45) is 0 Å². The Bertz CT molecular complexity index is 132. The van der Waals surface area contributed by atoms with Gasteiger partial charge in [-0.15, -0.1) is 0 Å². The van der Waals surface area contributed by atoms with Gasteiger partial charge in [-0.1, -0.05) is 0 Å². The van der Waals surface area contributed by atoms with Gasteiger partial charge in [0.1, 0.15) is 0 Å². The van der Waals surface area contributed by atoms with E-state index in [-0.39, 0.29) is 0 Å². The minimum absolute atomic E-state index is 0.980. The van der Waals surface area contributed by atoms with E-state index in [2.05, 4.69) is 86.3 Å². The molecule has 0 saturated heterocycles. The van der Waals surface area contributed by atoms with Crippen molar-refractivity contribution < 1.29 is 0 Å². The molecule has 0 fully saturated rings. The monoisotopic (exact) mass is 492 g/mol. The van der Waals surface area contributed by atoms with Crippen LogP contribution < -0.4 is 0 Å². The first-order valence-corrected chi connectivity index (χ1v) is 25.7. The molecule has 0 aromatic rings. The van der Waals surface area contributed by atoms with Crippen molar-refractivity contribution in [3.05, 3.63) is 0 Å². The Labute approximate surface area is 143 Å². The molecule has 104 valence electrons. The molecule has 0 N–H and O–H groups in total. The fourth-order valence-corrected chi connectivity index (χ4v) is 56.3. The molecule has 0 rings (SSSR count). The summed E-state index contributed by atoms with van der Waals surface area (Å²) in [4.78, 5) is 0. The second kappa shape index (κ2) is 14.5. The van der Waals surface area contributed by atoms with E-state index in [1.165, 1.54) is 23.0 Å². The van der Waals surface area contributed by atoms with E-state index in [0.29, 0.717) is 0 Å². The first-order chi connectivity index (χ1) is 8.24. The molecule has 17 heavy (non-hydrogen) atoms. The van der Waals surface area contributed by atoms with Gasteiger partial charge in [0.15, 0.2) is 0 Å². The molecule has 0 aliphatic carbocycles. The summed E-state index contributed by atoms with van der Waals surface area (Å²) in [5.41, 5.74) is 0. The third-order valence-corrected chi connectivity index (χ3v) is 54.2. The molecule has 0 radical (unpaired) electrons. The molecule has 0 unspecified atom stereocenters. The molecule has 0 heterocycles. The molecule has 0 aromatic heterocycles. The van der Waals surface area contributed by atoms with Crippen LogP contribution in [0.3, 0.4) is 0 Å². The number of rotatable bonds is 12. The van der Waals surface area contributed by atoms with Crippen LogP contribution in [0.4, 0.5) is 0 Å². The van der Waals surface area contributed by atoms with Gasteiger partial charge < -0.3 is 0 Å². The van der Waals surface area contributed by atoms with Gasteiger partial charge in [0, 0.05) is 0 Å². The third kappa shape index (κ3) is 10.9. The molecule has 0 spiro atoms. The van der Waals surface area contributed by atoms with E-state index in [4.69, 9.17) is 0 Å². The Kier molecular flexibility index (Phi) is 17.6. The molecule has 0 saturated carbocycles. The zero-order valence-corrected chi connectivity index (χ0v) is 19.3. The van der Waals surface area contributed by atoms with Crippen molar-refractivity contribution in [3.8, 4) is 0 Å². The summed E-state index contributed by atoms with van der Waals surface area (Å²) in [7, 11) is 8.84. The molecule has 0 bridgehead atoms. The van der Waals surface area contributed by atoms with Crippen LogP contribution in [0.1, 0.15) is 0 Å². The van der Waals surface area contributed by atoms with Crippen molar-refractivity contribution in [3.63, 3.8) is 0 Å². The standard InChI is InChI=1S/4C2H6S2.Sn/c4*3-1-2-4;/h4*3-4H,1-2H2;/q;;;;+4/p-4. The van der Waals surface area contributed by atoms with Crippen molar-refractivity contribution in [1.29, 1.82) is 0 Å². The van der Waals surface area contributed by atoms with Crippen LogP contribution in [0.25, 0.3) is 0 Å². The second-order valence-corrected chi connectivity index (χ2v) is 46.9. The Morgan fingerprint density at radius 2 is 0.765 bits per heavy atom. The van der Waals surface area contributed by atoms with Gasteiger partial charge in [-0.2, -0.15) is 0 Å². The third-order valence-electron chi connectivity index (χ3n) is 1.48. The molecule has 0 aliphatic heterocycles. The summed E-state index contributed by atoms with van der Waals surface area (Å²) in [6.07, 6.45) is 0. The molecule has 0 aromatic carbocycles. The van der Waals surface area contributed by atoms with E-state index in [9.17, 15) is 0 Å². The van der Waals surface area contributed by atoms with Crippen LogP contribution in [-0.2, 0) is 0 Å². The topological polar surface area (TPSA) is 0 Å². The van der Waals surface area contributed by atoms with Crippen molar-refractivity contribution in [2.45, 2.75) is 0 Å². The maximum atomic E-state index is 4.35. The minimum atomic E-state index is -2.22. The first-order valence-electron chi connectivity index (χ1n) is 5.24. The van der Waals surface area contributed by atoms with Crippen molar-refractivity contribution in [1.82, 2.24) is 0 Å². The Hall–Kier alpha value is 3.60. The molecule has 9 heteroatoms. The van der Waals surface area contributed by atoms with Gasteiger partial charge >= 0.3 is 145 Å². The quantitative estimate of drug-likeness (QED) is 0.240. The van der Waals surface area contributed by atoms with Crippen LogP contribution in [0, 0.1) is 0 Å². The normalized spacial score (nSPS) is 12.0. The average molecular weight is 491 g/mol. The van der Waals surface area contributed by atoms with Crippen LogP contribution in [-0.4, -0.2) is 58.9 Å². The number of hydrogen-bond donors (Lipinski definition) is 4. The average Bonchev–Trinajstić information content (AvgIpc) is 2.37. The van der Waals surface area contributed by atoms with E-state index >= 15 is 0 Å². The van der Waals surface area contributed by atoms with E-state index in [0.717, 1.165) is 23.0 Å².